The fraction of sp³-hybridized carbons (Fsp3) is 0. The van der Waals surface area contributed by atoms with Crippen molar-refractivity contribution in [3.8, 4) is 11.3 Å². The number of benzene rings is 1. The highest BCUT2D eigenvalue weighted by Crippen LogP contribution is 2.24. The Morgan fingerprint density at radius 1 is 1.06 bits per heavy atom. The fourth-order valence-corrected chi connectivity index (χ4v) is 1.92. The van der Waals surface area contributed by atoms with Crippen molar-refractivity contribution in [2.24, 2.45) is 0 Å². The summed E-state index contributed by atoms with van der Waals surface area (Å²) in [6, 6.07) is 12.2. The van der Waals surface area contributed by atoms with E-state index in [1.165, 1.54) is 6.07 Å². The summed E-state index contributed by atoms with van der Waals surface area (Å²) >= 11 is 0. The van der Waals surface area contributed by atoms with Crippen molar-refractivity contribution in [3.63, 3.8) is 0 Å². The Kier molecular flexibility index (Phi) is 2.08. The first-order valence-electron chi connectivity index (χ1n) is 5.24. The highest BCUT2D eigenvalue weighted by atomic mass is 19.1. The second kappa shape index (κ2) is 3.59. The molecular weight excluding hydrogens is 217 g/mol. The van der Waals surface area contributed by atoms with Gasteiger partial charge in [0.15, 0.2) is 0 Å². The Hall–Kier alpha value is -2.36. The summed E-state index contributed by atoms with van der Waals surface area (Å²) < 4.78 is 15.5. The standard InChI is InChI=1S/C13H10FN3/c14-10-5-2-1-4-9(10)11-6-3-7-13-16-12(15)8-17(11)13/h1-8H,15H2. The molecule has 0 radical (unpaired) electrons. The molecule has 3 aromatic rings. The van der Waals surface area contributed by atoms with Crippen molar-refractivity contribution in [1.82, 2.24) is 9.38 Å². The zero-order chi connectivity index (χ0) is 11.8. The number of anilines is 1. The average Bonchev–Trinajstić information content (AvgIpc) is 2.70. The van der Waals surface area contributed by atoms with Gasteiger partial charge in [-0.05, 0) is 24.3 Å². The van der Waals surface area contributed by atoms with E-state index in [9.17, 15) is 4.39 Å². The van der Waals surface area contributed by atoms with Gasteiger partial charge in [0.1, 0.15) is 17.3 Å². The Morgan fingerprint density at radius 3 is 2.71 bits per heavy atom. The second-order valence-corrected chi connectivity index (χ2v) is 3.78. The van der Waals surface area contributed by atoms with E-state index in [4.69, 9.17) is 5.73 Å². The highest BCUT2D eigenvalue weighted by Gasteiger charge is 2.08. The summed E-state index contributed by atoms with van der Waals surface area (Å²) in [5.41, 5.74) is 7.64. The van der Waals surface area contributed by atoms with Gasteiger partial charge in [0.05, 0.1) is 11.9 Å². The van der Waals surface area contributed by atoms with Crippen molar-refractivity contribution >= 4 is 11.5 Å². The van der Waals surface area contributed by atoms with Crippen LogP contribution in [0.2, 0.25) is 0 Å². The van der Waals surface area contributed by atoms with Crippen molar-refractivity contribution in [3.05, 3.63) is 54.5 Å². The molecule has 17 heavy (non-hydrogen) atoms. The minimum Gasteiger partial charge on any atom is -0.382 e. The Bertz CT molecular complexity index is 688. The molecule has 0 aliphatic rings. The molecule has 84 valence electrons. The number of fused-ring (bicyclic) bond motifs is 1. The molecule has 0 saturated carbocycles. The number of halogens is 1. The van der Waals surface area contributed by atoms with Crippen molar-refractivity contribution in [2.75, 3.05) is 5.73 Å². The predicted octanol–water partition coefficient (Wildman–Crippen LogP) is 2.72. The molecule has 3 rings (SSSR count). The lowest BCUT2D eigenvalue weighted by molar-refractivity contribution is 0.630. The van der Waals surface area contributed by atoms with E-state index in [1.54, 1.807) is 28.8 Å². The van der Waals surface area contributed by atoms with Crippen LogP contribution in [0.4, 0.5) is 10.2 Å². The van der Waals surface area contributed by atoms with Crippen LogP contribution in [0.15, 0.2) is 48.7 Å². The predicted molar refractivity (Wildman–Crippen MR) is 65.0 cm³/mol. The molecule has 2 N–H and O–H groups in total. The third kappa shape index (κ3) is 1.54. The summed E-state index contributed by atoms with van der Waals surface area (Å²) in [6.45, 7) is 0. The third-order valence-corrected chi connectivity index (χ3v) is 2.66. The van der Waals surface area contributed by atoms with Crippen LogP contribution < -0.4 is 5.73 Å². The highest BCUT2D eigenvalue weighted by molar-refractivity contribution is 5.65. The van der Waals surface area contributed by atoms with Gasteiger partial charge in [-0.1, -0.05) is 18.2 Å². The molecule has 0 aliphatic carbocycles. The van der Waals surface area contributed by atoms with Crippen LogP contribution in [0.3, 0.4) is 0 Å². The van der Waals surface area contributed by atoms with E-state index in [-0.39, 0.29) is 5.82 Å². The molecule has 0 fully saturated rings. The van der Waals surface area contributed by atoms with Gasteiger partial charge in [-0.2, -0.15) is 0 Å². The van der Waals surface area contributed by atoms with Crippen LogP contribution in [0.1, 0.15) is 0 Å². The monoisotopic (exact) mass is 227 g/mol. The molecule has 1 aromatic carbocycles. The molecule has 2 aromatic heterocycles. The van der Waals surface area contributed by atoms with Crippen LogP contribution in [-0.2, 0) is 0 Å². The maximum absolute atomic E-state index is 13.7. The van der Waals surface area contributed by atoms with Gasteiger partial charge in [-0.15, -0.1) is 0 Å². The Balaban J connectivity index is 2.34. The number of aromatic nitrogens is 2. The minimum absolute atomic E-state index is 0.257. The van der Waals surface area contributed by atoms with Gasteiger partial charge in [-0.3, -0.25) is 4.40 Å². The molecule has 0 atom stereocenters. The molecule has 4 heteroatoms. The van der Waals surface area contributed by atoms with Gasteiger partial charge in [0.2, 0.25) is 0 Å². The van der Waals surface area contributed by atoms with Gasteiger partial charge in [0, 0.05) is 5.56 Å². The first-order chi connectivity index (χ1) is 8.25. The summed E-state index contributed by atoms with van der Waals surface area (Å²) in [5, 5.41) is 0. The first kappa shape index (κ1) is 9.84. The van der Waals surface area contributed by atoms with Crippen LogP contribution in [0.5, 0.6) is 0 Å². The summed E-state index contributed by atoms with van der Waals surface area (Å²) in [7, 11) is 0. The average molecular weight is 227 g/mol. The van der Waals surface area contributed by atoms with E-state index in [1.807, 2.05) is 18.2 Å². The maximum Gasteiger partial charge on any atom is 0.142 e. The first-order valence-corrected chi connectivity index (χ1v) is 5.24. The van der Waals surface area contributed by atoms with Crippen LogP contribution in [-0.4, -0.2) is 9.38 Å². The van der Waals surface area contributed by atoms with E-state index in [2.05, 4.69) is 4.98 Å². The molecule has 0 saturated heterocycles. The smallest absolute Gasteiger partial charge is 0.142 e. The topological polar surface area (TPSA) is 43.3 Å². The number of hydrogen-bond donors (Lipinski definition) is 1. The zero-order valence-electron chi connectivity index (χ0n) is 8.97. The number of nitrogen functional groups attached to an aromatic ring is 1. The number of hydrogen-bond acceptors (Lipinski definition) is 2. The van der Waals surface area contributed by atoms with Gasteiger partial charge >= 0.3 is 0 Å². The molecule has 0 unspecified atom stereocenters. The molecule has 0 spiro atoms. The number of imidazole rings is 1. The molecule has 3 nitrogen and oxygen atoms in total. The molecule has 0 aliphatic heterocycles. The zero-order valence-corrected chi connectivity index (χ0v) is 8.97. The molecule has 0 amide bonds. The Labute approximate surface area is 97.3 Å². The van der Waals surface area contributed by atoms with E-state index in [0.29, 0.717) is 17.0 Å². The summed E-state index contributed by atoms with van der Waals surface area (Å²) in [5.74, 6) is 0.168. The number of pyridine rings is 1. The van der Waals surface area contributed by atoms with Crippen LogP contribution in [0, 0.1) is 5.82 Å². The van der Waals surface area contributed by atoms with E-state index >= 15 is 0 Å². The molecular formula is C13H10FN3. The van der Waals surface area contributed by atoms with Crippen LogP contribution in [0.25, 0.3) is 16.9 Å². The normalized spacial score (nSPS) is 10.9. The largest absolute Gasteiger partial charge is 0.382 e. The third-order valence-electron chi connectivity index (χ3n) is 2.66. The fourth-order valence-electron chi connectivity index (χ4n) is 1.92. The van der Waals surface area contributed by atoms with Gasteiger partial charge in [-0.25, -0.2) is 9.37 Å². The van der Waals surface area contributed by atoms with Gasteiger partial charge < -0.3 is 5.73 Å². The quantitative estimate of drug-likeness (QED) is 0.694. The van der Waals surface area contributed by atoms with Crippen molar-refractivity contribution in [1.29, 1.82) is 0 Å². The minimum atomic E-state index is -0.257. The van der Waals surface area contributed by atoms with Crippen LogP contribution >= 0.6 is 0 Å². The number of nitrogens with zero attached hydrogens (tertiary/aromatic N) is 2. The summed E-state index contributed by atoms with van der Waals surface area (Å²) in [6.07, 6.45) is 1.69. The van der Waals surface area contributed by atoms with Gasteiger partial charge in [0.25, 0.3) is 0 Å². The van der Waals surface area contributed by atoms with Crippen molar-refractivity contribution < 1.29 is 4.39 Å². The summed E-state index contributed by atoms with van der Waals surface area (Å²) in [4.78, 5) is 4.15. The van der Waals surface area contributed by atoms with E-state index in [0.717, 1.165) is 5.69 Å². The van der Waals surface area contributed by atoms with Crippen molar-refractivity contribution in [2.45, 2.75) is 0 Å². The maximum atomic E-state index is 13.7. The molecule has 2 heterocycles. The lowest BCUT2D eigenvalue weighted by atomic mass is 10.1. The SMILES string of the molecule is Nc1cn2c(-c3ccccc3F)cccc2n1. The number of nitrogens with two attached hydrogens (primary N) is 1. The Morgan fingerprint density at radius 2 is 1.88 bits per heavy atom. The lowest BCUT2D eigenvalue weighted by Crippen LogP contribution is -1.92. The lowest BCUT2D eigenvalue weighted by Gasteiger charge is -2.06. The van der Waals surface area contributed by atoms with E-state index < -0.39 is 0 Å². The molecule has 0 bridgehead atoms. The second-order valence-electron chi connectivity index (χ2n) is 3.78. The number of rotatable bonds is 1.